The summed E-state index contributed by atoms with van der Waals surface area (Å²) in [5, 5.41) is 1.10. The molecule has 0 amide bonds. The second-order valence-electron chi connectivity index (χ2n) is 7.64. The first-order valence-corrected chi connectivity index (χ1v) is 15.6. The molecule has 0 aromatic heterocycles. The maximum absolute atomic E-state index is 6.39. The Labute approximate surface area is 154 Å². The molecule has 5 heteroatoms. The van der Waals surface area contributed by atoms with Crippen LogP contribution in [-0.2, 0) is 8.85 Å². The zero-order valence-electron chi connectivity index (χ0n) is 17.1. The molecule has 24 heavy (non-hydrogen) atoms. The van der Waals surface area contributed by atoms with Crippen LogP contribution in [0, 0.1) is 34.6 Å². The highest BCUT2D eigenvalue weighted by Crippen LogP contribution is 2.28. The van der Waals surface area contributed by atoms with E-state index in [9.17, 15) is 0 Å². The second-order valence-corrected chi connectivity index (χ2v) is 15.3. The summed E-state index contributed by atoms with van der Waals surface area (Å²) in [5.74, 6) is 0. The summed E-state index contributed by atoms with van der Waals surface area (Å²) >= 11 is 0. The smallest absolute Gasteiger partial charge is 0.241 e. The zero-order chi connectivity index (χ0) is 18.7. The number of hydrogen-bond donors (Lipinski definition) is 0. The summed E-state index contributed by atoms with van der Waals surface area (Å²) in [6.45, 7) is 22.2. The van der Waals surface area contributed by atoms with Crippen molar-refractivity contribution in [3.63, 3.8) is 0 Å². The van der Waals surface area contributed by atoms with Gasteiger partial charge >= 0.3 is 0 Å². The van der Waals surface area contributed by atoms with E-state index < -0.39 is 17.4 Å². The first kappa shape index (κ1) is 21.4. The van der Waals surface area contributed by atoms with Crippen molar-refractivity contribution < 1.29 is 8.85 Å². The maximum atomic E-state index is 6.39. The Kier molecular flexibility index (Phi) is 7.72. The summed E-state index contributed by atoms with van der Waals surface area (Å²) in [6, 6.07) is 0. The standard InChI is InChI=1S/C19H33O2Si3/c1-13-14(2)16(4)18(17(5)15(13)3)11-19(21-24(8,9)10)22-12-20-23(6)7/h11H,12H2,1-10H3. The van der Waals surface area contributed by atoms with E-state index in [-0.39, 0.29) is 0 Å². The molecule has 0 aliphatic rings. The van der Waals surface area contributed by atoms with E-state index in [0.717, 1.165) is 11.6 Å². The van der Waals surface area contributed by atoms with Crippen LogP contribution in [0.25, 0.3) is 6.08 Å². The quantitative estimate of drug-likeness (QED) is 0.473. The highest BCUT2D eigenvalue weighted by atomic mass is 28.4. The molecule has 1 aromatic rings. The summed E-state index contributed by atoms with van der Waals surface area (Å²) in [5.41, 5.74) is 8.26. The minimum absolute atomic E-state index is 0.576. The Balaban J connectivity index is 3.27. The molecule has 0 aliphatic carbocycles. The van der Waals surface area contributed by atoms with Crippen molar-refractivity contribution in [3.8, 4) is 0 Å². The Morgan fingerprint density at radius 1 is 0.917 bits per heavy atom. The molecular weight excluding hydrogens is 344 g/mol. The Morgan fingerprint density at radius 3 is 1.79 bits per heavy atom. The topological polar surface area (TPSA) is 18.5 Å². The third kappa shape index (κ3) is 6.02. The van der Waals surface area contributed by atoms with Crippen LogP contribution in [0.15, 0.2) is 5.38 Å². The van der Waals surface area contributed by atoms with E-state index in [1.54, 1.807) is 0 Å². The van der Waals surface area contributed by atoms with Gasteiger partial charge in [-0.25, -0.2) is 0 Å². The molecule has 0 saturated carbocycles. The van der Waals surface area contributed by atoms with Crippen LogP contribution in [0.3, 0.4) is 0 Å². The molecule has 0 saturated heterocycles. The van der Waals surface area contributed by atoms with Crippen molar-refractivity contribution in [2.24, 2.45) is 0 Å². The molecule has 0 atom stereocenters. The minimum Gasteiger partial charge on any atom is -0.552 e. The molecule has 0 aliphatic heterocycles. The molecule has 1 rings (SSSR count). The van der Waals surface area contributed by atoms with Crippen LogP contribution >= 0.6 is 0 Å². The highest BCUT2D eigenvalue weighted by Gasteiger charge is 2.19. The SMILES string of the molecule is Cc1c(C)c(C)c(C=C(O[Si](C)(C)C)[Si]CO[Si](C)C)c(C)c1C. The highest BCUT2D eigenvalue weighted by molar-refractivity contribution is 6.71. The lowest BCUT2D eigenvalue weighted by Crippen LogP contribution is -2.28. The molecule has 1 aromatic carbocycles. The van der Waals surface area contributed by atoms with E-state index in [1.807, 2.05) is 0 Å². The van der Waals surface area contributed by atoms with Crippen molar-refractivity contribution in [1.82, 2.24) is 0 Å². The lowest BCUT2D eigenvalue weighted by molar-refractivity contribution is 0.391. The Bertz CT molecular complexity index is 585. The summed E-state index contributed by atoms with van der Waals surface area (Å²) < 4.78 is 12.2. The fourth-order valence-corrected chi connectivity index (χ4v) is 6.33. The van der Waals surface area contributed by atoms with Gasteiger partial charge in [0.25, 0.3) is 0 Å². The molecule has 0 unspecified atom stereocenters. The molecule has 0 fully saturated rings. The zero-order valence-corrected chi connectivity index (χ0v) is 20.1. The Morgan fingerprint density at radius 2 is 1.38 bits per heavy atom. The van der Waals surface area contributed by atoms with Gasteiger partial charge in [0.15, 0.2) is 9.52 Å². The van der Waals surface area contributed by atoms with Gasteiger partial charge in [0, 0.05) is 6.23 Å². The molecule has 0 bridgehead atoms. The van der Waals surface area contributed by atoms with Gasteiger partial charge in [-0.05, 0) is 107 Å². The first-order chi connectivity index (χ1) is 10.9. The van der Waals surface area contributed by atoms with Crippen molar-refractivity contribution in [2.75, 3.05) is 6.23 Å². The van der Waals surface area contributed by atoms with Crippen LogP contribution in [-0.4, -0.2) is 33.1 Å². The van der Waals surface area contributed by atoms with Crippen molar-refractivity contribution in [1.29, 1.82) is 0 Å². The van der Waals surface area contributed by atoms with Gasteiger partial charge in [0.1, 0.15) is 0 Å². The lowest BCUT2D eigenvalue weighted by atomic mass is 9.90. The van der Waals surface area contributed by atoms with E-state index in [0.29, 0.717) is 9.52 Å². The molecular formula is C19H33O2Si3. The van der Waals surface area contributed by atoms with Gasteiger partial charge in [-0.15, -0.1) is 0 Å². The predicted molar refractivity (Wildman–Crippen MR) is 112 cm³/mol. The molecule has 133 valence electrons. The van der Waals surface area contributed by atoms with Crippen LogP contribution in [0.2, 0.25) is 32.7 Å². The number of hydrogen-bond acceptors (Lipinski definition) is 2. The van der Waals surface area contributed by atoms with Gasteiger partial charge in [0.2, 0.25) is 17.4 Å². The van der Waals surface area contributed by atoms with Gasteiger partial charge in [-0.2, -0.15) is 0 Å². The van der Waals surface area contributed by atoms with Gasteiger partial charge in [-0.3, -0.25) is 0 Å². The number of benzene rings is 1. The molecule has 2 nitrogen and oxygen atoms in total. The van der Waals surface area contributed by atoms with Crippen LogP contribution in [0.4, 0.5) is 0 Å². The Hall–Kier alpha value is -0.629. The average Bonchev–Trinajstić information content (AvgIpc) is 2.45. The molecule has 0 heterocycles. The molecule has 0 N–H and O–H groups in total. The van der Waals surface area contributed by atoms with E-state index in [4.69, 9.17) is 8.85 Å². The lowest BCUT2D eigenvalue weighted by Gasteiger charge is -2.23. The summed E-state index contributed by atoms with van der Waals surface area (Å²) in [4.78, 5) is 0. The van der Waals surface area contributed by atoms with Crippen molar-refractivity contribution in [2.45, 2.75) is 67.4 Å². The largest absolute Gasteiger partial charge is 0.552 e. The fraction of sp³-hybridized carbons (Fsp3) is 0.579. The third-order valence-electron chi connectivity index (χ3n) is 4.36. The van der Waals surface area contributed by atoms with Crippen LogP contribution in [0.5, 0.6) is 0 Å². The van der Waals surface area contributed by atoms with E-state index >= 15 is 0 Å². The van der Waals surface area contributed by atoms with Gasteiger partial charge in [-0.1, -0.05) is 0 Å². The van der Waals surface area contributed by atoms with E-state index in [2.05, 4.69) is 73.4 Å². The van der Waals surface area contributed by atoms with Gasteiger partial charge in [0.05, 0.1) is 5.38 Å². The van der Waals surface area contributed by atoms with Crippen molar-refractivity contribution in [3.05, 3.63) is 38.8 Å². The van der Waals surface area contributed by atoms with Gasteiger partial charge < -0.3 is 8.85 Å². The number of rotatable bonds is 7. The first-order valence-electron chi connectivity index (χ1n) is 8.58. The summed E-state index contributed by atoms with van der Waals surface area (Å²) in [6.07, 6.45) is 3.06. The molecule has 3 radical (unpaired) electrons. The third-order valence-corrected chi connectivity index (χ3v) is 7.29. The summed E-state index contributed by atoms with van der Waals surface area (Å²) in [7, 11) is -1.70. The van der Waals surface area contributed by atoms with Crippen LogP contribution in [0.1, 0.15) is 33.4 Å². The minimum atomic E-state index is -1.63. The van der Waals surface area contributed by atoms with Crippen LogP contribution < -0.4 is 0 Å². The van der Waals surface area contributed by atoms with E-state index in [1.165, 1.54) is 33.4 Å². The normalized spacial score (nSPS) is 12.9. The monoisotopic (exact) mass is 377 g/mol. The fourth-order valence-electron chi connectivity index (χ4n) is 2.57. The predicted octanol–water partition coefficient (Wildman–Crippen LogP) is 5.31. The molecule has 0 spiro atoms. The van der Waals surface area contributed by atoms with Crippen molar-refractivity contribution >= 4 is 33.0 Å². The maximum Gasteiger partial charge on any atom is 0.241 e. The second kappa shape index (κ2) is 8.65. The average molecular weight is 378 g/mol.